The number of anilines is 2. The maximum atomic E-state index is 13.8. The lowest BCUT2D eigenvalue weighted by Crippen LogP contribution is -2.32. The average Bonchev–Trinajstić information content (AvgIpc) is 2.41. The van der Waals surface area contributed by atoms with Crippen LogP contribution in [0, 0.1) is 5.82 Å². The molecule has 0 saturated carbocycles. The van der Waals surface area contributed by atoms with E-state index in [2.05, 4.69) is 0 Å². The summed E-state index contributed by atoms with van der Waals surface area (Å²) in [6.07, 6.45) is 0. The smallest absolute Gasteiger partial charge is 0.265 e. The molecule has 0 aliphatic carbocycles. The van der Waals surface area contributed by atoms with Crippen molar-refractivity contribution in [3.63, 3.8) is 0 Å². The molecule has 0 unspecified atom stereocenters. The highest BCUT2D eigenvalue weighted by atomic mass is 19.1. The highest BCUT2D eigenvalue weighted by Gasteiger charge is 2.23. The van der Waals surface area contributed by atoms with Crippen LogP contribution in [0.5, 0.6) is 5.75 Å². The second kappa shape index (κ2) is 5.61. The number of hydrogen-bond acceptors (Lipinski definition) is 3. The van der Waals surface area contributed by atoms with Crippen LogP contribution in [-0.4, -0.2) is 17.6 Å². The highest BCUT2D eigenvalue weighted by Crippen LogP contribution is 2.27. The lowest BCUT2D eigenvalue weighted by molar-refractivity contribution is 0.0981. The second-order valence-electron chi connectivity index (χ2n) is 4.24. The van der Waals surface area contributed by atoms with Gasteiger partial charge in [-0.1, -0.05) is 18.2 Å². The first-order valence-electron chi connectivity index (χ1n) is 6.20. The lowest BCUT2D eigenvalue weighted by Gasteiger charge is -2.23. The number of nitrogens with two attached hydrogens (primary N) is 1. The van der Waals surface area contributed by atoms with Gasteiger partial charge in [-0.15, -0.1) is 0 Å². The molecule has 3 N–H and O–H groups in total. The van der Waals surface area contributed by atoms with Crippen LogP contribution in [0.1, 0.15) is 17.3 Å². The van der Waals surface area contributed by atoms with Crippen LogP contribution in [0.3, 0.4) is 0 Å². The minimum Gasteiger partial charge on any atom is -0.507 e. The summed E-state index contributed by atoms with van der Waals surface area (Å²) in [6.45, 7) is 2.06. The van der Waals surface area contributed by atoms with E-state index < -0.39 is 11.7 Å². The molecule has 0 bridgehead atoms. The predicted octanol–water partition coefficient (Wildman–Crippen LogP) is 2.78. The molecule has 0 spiro atoms. The standard InChI is InChI=1S/C15H15FN2O2/c1-2-18(12-8-4-3-7-11(12)17)15(20)14-10(16)6-5-9-13(14)19/h3-9,19H,2,17H2,1H3. The number of aromatic hydroxyl groups is 1. The third kappa shape index (κ3) is 2.42. The fraction of sp³-hybridized carbons (Fsp3) is 0.133. The first-order valence-corrected chi connectivity index (χ1v) is 6.20. The van der Waals surface area contributed by atoms with E-state index in [1.54, 1.807) is 31.2 Å². The normalized spacial score (nSPS) is 10.3. The number of amides is 1. The van der Waals surface area contributed by atoms with Crippen LogP contribution in [0.2, 0.25) is 0 Å². The average molecular weight is 274 g/mol. The van der Waals surface area contributed by atoms with Gasteiger partial charge in [0.05, 0.1) is 11.4 Å². The molecule has 0 atom stereocenters. The molecular weight excluding hydrogens is 259 g/mol. The van der Waals surface area contributed by atoms with Crippen molar-refractivity contribution in [1.82, 2.24) is 0 Å². The van der Waals surface area contributed by atoms with Crippen molar-refractivity contribution in [3.8, 4) is 5.75 Å². The van der Waals surface area contributed by atoms with Gasteiger partial charge in [0.25, 0.3) is 5.91 Å². The molecule has 5 heteroatoms. The number of hydrogen-bond donors (Lipinski definition) is 2. The highest BCUT2D eigenvalue weighted by molar-refractivity contribution is 6.09. The second-order valence-corrected chi connectivity index (χ2v) is 4.24. The summed E-state index contributed by atoms with van der Waals surface area (Å²) in [4.78, 5) is 13.8. The Balaban J connectivity index is 2.48. The van der Waals surface area contributed by atoms with Crippen LogP contribution < -0.4 is 10.6 Å². The van der Waals surface area contributed by atoms with E-state index in [1.807, 2.05) is 0 Å². The lowest BCUT2D eigenvalue weighted by atomic mass is 10.1. The number of nitrogens with zero attached hydrogens (tertiary/aromatic N) is 1. The third-order valence-electron chi connectivity index (χ3n) is 2.99. The molecule has 2 aromatic carbocycles. The fourth-order valence-corrected chi connectivity index (χ4v) is 2.02. The Labute approximate surface area is 116 Å². The van der Waals surface area contributed by atoms with E-state index in [4.69, 9.17) is 5.73 Å². The molecule has 0 heterocycles. The molecular formula is C15H15FN2O2. The maximum Gasteiger partial charge on any atom is 0.265 e. The Morgan fingerprint density at radius 2 is 1.95 bits per heavy atom. The van der Waals surface area contributed by atoms with Gasteiger partial charge in [0.1, 0.15) is 17.1 Å². The number of phenols is 1. The van der Waals surface area contributed by atoms with Gasteiger partial charge in [0.15, 0.2) is 0 Å². The van der Waals surface area contributed by atoms with Gasteiger partial charge in [-0.2, -0.15) is 0 Å². The summed E-state index contributed by atoms with van der Waals surface area (Å²) in [7, 11) is 0. The van der Waals surface area contributed by atoms with Crippen LogP contribution in [-0.2, 0) is 0 Å². The quantitative estimate of drug-likeness (QED) is 0.846. The van der Waals surface area contributed by atoms with Gasteiger partial charge >= 0.3 is 0 Å². The molecule has 0 aliphatic heterocycles. The number of carbonyl (C=O) groups excluding carboxylic acids is 1. The van der Waals surface area contributed by atoms with Crippen LogP contribution >= 0.6 is 0 Å². The number of phenolic OH excluding ortho intramolecular Hbond substituents is 1. The molecule has 0 fully saturated rings. The van der Waals surface area contributed by atoms with E-state index in [-0.39, 0.29) is 11.3 Å². The summed E-state index contributed by atoms with van der Waals surface area (Å²) in [5.41, 5.74) is 6.39. The van der Waals surface area contributed by atoms with Gasteiger partial charge in [-0.3, -0.25) is 4.79 Å². The zero-order chi connectivity index (χ0) is 14.7. The molecule has 2 aromatic rings. The Kier molecular flexibility index (Phi) is 3.89. The van der Waals surface area contributed by atoms with Gasteiger partial charge < -0.3 is 15.7 Å². The summed E-state index contributed by atoms with van der Waals surface area (Å²) in [5.74, 6) is -1.77. The molecule has 20 heavy (non-hydrogen) atoms. The molecule has 1 amide bonds. The molecule has 0 aliphatic rings. The summed E-state index contributed by atoms with van der Waals surface area (Å²) in [6, 6.07) is 10.6. The molecule has 4 nitrogen and oxygen atoms in total. The summed E-state index contributed by atoms with van der Waals surface area (Å²) < 4.78 is 13.8. The molecule has 0 aromatic heterocycles. The number of para-hydroxylation sites is 2. The minimum atomic E-state index is -0.761. The predicted molar refractivity (Wildman–Crippen MR) is 76.3 cm³/mol. The van der Waals surface area contributed by atoms with Crippen LogP contribution in [0.15, 0.2) is 42.5 Å². The van der Waals surface area contributed by atoms with Crippen molar-refractivity contribution in [2.24, 2.45) is 0 Å². The Morgan fingerprint density at radius 1 is 1.25 bits per heavy atom. The Morgan fingerprint density at radius 3 is 2.55 bits per heavy atom. The maximum absolute atomic E-state index is 13.8. The van der Waals surface area contributed by atoms with E-state index >= 15 is 0 Å². The third-order valence-corrected chi connectivity index (χ3v) is 2.99. The SMILES string of the molecule is CCN(C(=O)c1c(O)cccc1F)c1ccccc1N. The molecule has 0 radical (unpaired) electrons. The molecule has 104 valence electrons. The number of carbonyl (C=O) groups is 1. The summed E-state index contributed by atoms with van der Waals surface area (Å²) in [5, 5.41) is 9.70. The van der Waals surface area contributed by atoms with Gasteiger partial charge in [-0.25, -0.2) is 4.39 Å². The number of halogens is 1. The minimum absolute atomic E-state index is 0.306. The van der Waals surface area contributed by atoms with E-state index in [9.17, 15) is 14.3 Å². The van der Waals surface area contributed by atoms with E-state index in [0.717, 1.165) is 6.07 Å². The van der Waals surface area contributed by atoms with Crippen molar-refractivity contribution in [3.05, 3.63) is 53.8 Å². The molecule has 0 saturated heterocycles. The Hall–Kier alpha value is -2.56. The van der Waals surface area contributed by atoms with Gasteiger partial charge in [-0.05, 0) is 31.2 Å². The number of rotatable bonds is 3. The van der Waals surface area contributed by atoms with Crippen molar-refractivity contribution in [2.75, 3.05) is 17.2 Å². The largest absolute Gasteiger partial charge is 0.507 e. The zero-order valence-electron chi connectivity index (χ0n) is 11.0. The summed E-state index contributed by atoms with van der Waals surface area (Å²) >= 11 is 0. The van der Waals surface area contributed by atoms with Crippen molar-refractivity contribution in [2.45, 2.75) is 6.92 Å². The first kappa shape index (κ1) is 13.9. The van der Waals surface area contributed by atoms with Gasteiger partial charge in [0.2, 0.25) is 0 Å². The topological polar surface area (TPSA) is 66.6 Å². The van der Waals surface area contributed by atoms with E-state index in [0.29, 0.717) is 17.9 Å². The number of benzene rings is 2. The van der Waals surface area contributed by atoms with Gasteiger partial charge in [0, 0.05) is 6.54 Å². The number of nitrogen functional groups attached to an aromatic ring is 1. The van der Waals surface area contributed by atoms with Crippen molar-refractivity contribution >= 4 is 17.3 Å². The van der Waals surface area contributed by atoms with E-state index in [1.165, 1.54) is 17.0 Å². The first-order chi connectivity index (χ1) is 9.56. The zero-order valence-corrected chi connectivity index (χ0v) is 11.0. The van der Waals surface area contributed by atoms with Crippen LogP contribution in [0.25, 0.3) is 0 Å². The molecule has 2 rings (SSSR count). The Bertz CT molecular complexity index is 623. The fourth-order valence-electron chi connectivity index (χ4n) is 2.02. The monoisotopic (exact) mass is 274 g/mol. The van der Waals surface area contributed by atoms with Crippen molar-refractivity contribution < 1.29 is 14.3 Å². The van der Waals surface area contributed by atoms with Crippen LogP contribution in [0.4, 0.5) is 15.8 Å². The van der Waals surface area contributed by atoms with Crippen molar-refractivity contribution in [1.29, 1.82) is 0 Å².